The van der Waals surface area contributed by atoms with Gasteiger partial charge in [-0.05, 0) is 24.3 Å². The minimum absolute atomic E-state index is 0.216. The maximum absolute atomic E-state index is 11.9. The van der Waals surface area contributed by atoms with Crippen LogP contribution >= 0.6 is 11.8 Å². The fourth-order valence-electron chi connectivity index (χ4n) is 1.44. The van der Waals surface area contributed by atoms with Crippen LogP contribution in [0, 0.1) is 0 Å². The lowest BCUT2D eigenvalue weighted by Gasteiger charge is -2.09. The van der Waals surface area contributed by atoms with Crippen LogP contribution in [-0.2, 0) is 9.59 Å². The molecule has 19 heavy (non-hydrogen) atoms. The summed E-state index contributed by atoms with van der Waals surface area (Å²) in [5, 5.41) is 7.58. The minimum Gasteiger partial charge on any atom is -0.497 e. The molecule has 0 saturated carbocycles. The number of carboxylic acid groups (broad SMARTS) is 1. The Bertz CT molecular complexity index is 480. The molecular weight excluding hydrogens is 268 g/mol. The number of carbonyl (C=O) groups excluding carboxylic acids is 2. The number of thioether (sulfide) groups is 1. The number of Topliss-reactive ketones (excluding diaryl/α,β-unsaturated/α-hetero) is 1. The smallest absolute Gasteiger partial charge is 0.317 e. The molecule has 102 valence electrons. The average molecular weight is 282 g/mol. The maximum Gasteiger partial charge on any atom is 0.317 e. The van der Waals surface area contributed by atoms with Crippen molar-refractivity contribution < 1.29 is 24.2 Å². The molecule has 0 radical (unpaired) electrons. The Balaban J connectivity index is 2.75. The fraction of sp³-hybridized carbons (Fsp3) is 0.308. The zero-order valence-corrected chi connectivity index (χ0v) is 11.4. The molecule has 6 heteroatoms. The molecule has 0 aromatic heterocycles. The fourth-order valence-corrected chi connectivity index (χ4v) is 2.18. The van der Waals surface area contributed by atoms with Crippen LogP contribution in [0.2, 0.25) is 0 Å². The predicted molar refractivity (Wildman–Crippen MR) is 71.6 cm³/mol. The summed E-state index contributed by atoms with van der Waals surface area (Å²) < 4.78 is 4.97. The predicted octanol–water partition coefficient (Wildman–Crippen LogP) is 2.00. The van der Waals surface area contributed by atoms with Gasteiger partial charge in [0.1, 0.15) is 11.0 Å². The van der Waals surface area contributed by atoms with Gasteiger partial charge in [0.25, 0.3) is 0 Å². The highest BCUT2D eigenvalue weighted by molar-refractivity contribution is 8.14. The van der Waals surface area contributed by atoms with Crippen molar-refractivity contribution in [2.45, 2.75) is 18.6 Å². The van der Waals surface area contributed by atoms with E-state index in [-0.39, 0.29) is 17.3 Å². The summed E-state index contributed by atoms with van der Waals surface area (Å²) in [4.78, 5) is 33.8. The molecule has 0 heterocycles. The van der Waals surface area contributed by atoms with Crippen molar-refractivity contribution in [1.29, 1.82) is 0 Å². The maximum atomic E-state index is 11.9. The lowest BCUT2D eigenvalue weighted by Crippen LogP contribution is -2.21. The molecule has 0 aliphatic carbocycles. The topological polar surface area (TPSA) is 80.7 Å². The molecule has 0 bridgehead atoms. The van der Waals surface area contributed by atoms with E-state index in [1.807, 2.05) is 0 Å². The summed E-state index contributed by atoms with van der Waals surface area (Å²) in [6.45, 7) is 1.28. The largest absolute Gasteiger partial charge is 0.497 e. The van der Waals surface area contributed by atoms with Gasteiger partial charge in [0.05, 0.1) is 7.11 Å². The first kappa shape index (κ1) is 15.2. The first-order valence-corrected chi connectivity index (χ1v) is 6.39. The molecule has 0 spiro atoms. The van der Waals surface area contributed by atoms with Gasteiger partial charge in [-0.1, -0.05) is 11.8 Å². The number of ether oxygens (including phenoxy) is 1. The van der Waals surface area contributed by atoms with Crippen LogP contribution in [0.4, 0.5) is 0 Å². The van der Waals surface area contributed by atoms with Gasteiger partial charge in [-0.15, -0.1) is 0 Å². The summed E-state index contributed by atoms with van der Waals surface area (Å²) in [5.74, 6) is -0.865. The quantitative estimate of drug-likeness (QED) is 0.804. The third kappa shape index (κ3) is 4.75. The van der Waals surface area contributed by atoms with Crippen LogP contribution < -0.4 is 4.74 Å². The molecule has 1 unspecified atom stereocenters. The van der Waals surface area contributed by atoms with Crippen LogP contribution in [0.3, 0.4) is 0 Å². The number of hydrogen-bond donors (Lipinski definition) is 1. The van der Waals surface area contributed by atoms with Crippen LogP contribution in [0.5, 0.6) is 5.75 Å². The molecule has 1 N–H and O–H groups in total. The molecule has 1 rings (SSSR count). The van der Waals surface area contributed by atoms with Gasteiger partial charge < -0.3 is 9.84 Å². The van der Waals surface area contributed by atoms with E-state index in [1.54, 1.807) is 24.3 Å². The van der Waals surface area contributed by atoms with Crippen molar-refractivity contribution in [3.05, 3.63) is 29.8 Å². The Morgan fingerprint density at radius 1 is 1.26 bits per heavy atom. The zero-order valence-electron chi connectivity index (χ0n) is 10.6. The molecule has 1 atom stereocenters. The van der Waals surface area contributed by atoms with E-state index in [1.165, 1.54) is 14.0 Å². The lowest BCUT2D eigenvalue weighted by molar-refractivity contribution is -0.136. The van der Waals surface area contributed by atoms with Gasteiger partial charge in [0, 0.05) is 18.9 Å². The van der Waals surface area contributed by atoms with Crippen molar-refractivity contribution in [3.63, 3.8) is 0 Å². The van der Waals surface area contributed by atoms with E-state index >= 15 is 0 Å². The molecule has 0 aliphatic heterocycles. The molecular formula is C13H14O5S. The van der Waals surface area contributed by atoms with Crippen molar-refractivity contribution in [1.82, 2.24) is 0 Å². The molecule has 0 aliphatic rings. The van der Waals surface area contributed by atoms with Crippen LogP contribution in [-0.4, -0.2) is 34.3 Å². The third-order valence-electron chi connectivity index (χ3n) is 2.37. The van der Waals surface area contributed by atoms with Gasteiger partial charge >= 0.3 is 5.97 Å². The highest BCUT2D eigenvalue weighted by Gasteiger charge is 2.24. The van der Waals surface area contributed by atoms with Crippen LogP contribution in [0.15, 0.2) is 24.3 Å². The SMILES string of the molecule is COc1ccc(C(=O)CC(SC(C)=O)C(=O)O)cc1. The van der Waals surface area contributed by atoms with Crippen LogP contribution in [0.1, 0.15) is 23.7 Å². The third-order valence-corrected chi connectivity index (χ3v) is 3.35. The Morgan fingerprint density at radius 2 is 1.84 bits per heavy atom. The summed E-state index contributed by atoms with van der Waals surface area (Å²) >= 11 is 0.654. The van der Waals surface area contributed by atoms with Crippen LogP contribution in [0.25, 0.3) is 0 Å². The highest BCUT2D eigenvalue weighted by Crippen LogP contribution is 2.20. The van der Waals surface area contributed by atoms with E-state index < -0.39 is 11.2 Å². The van der Waals surface area contributed by atoms with Crippen molar-refractivity contribution >= 4 is 28.6 Å². The zero-order chi connectivity index (χ0) is 14.4. The van der Waals surface area contributed by atoms with Gasteiger partial charge in [-0.2, -0.15) is 0 Å². The number of carboxylic acids is 1. The second-order valence-electron chi connectivity index (χ2n) is 3.79. The average Bonchev–Trinajstić information content (AvgIpc) is 2.37. The first-order chi connectivity index (χ1) is 8.93. The number of aliphatic carboxylic acids is 1. The number of hydrogen-bond acceptors (Lipinski definition) is 5. The van der Waals surface area contributed by atoms with E-state index in [2.05, 4.69) is 0 Å². The summed E-state index contributed by atoms with van der Waals surface area (Å²) in [7, 11) is 1.51. The second-order valence-corrected chi connectivity index (χ2v) is 5.17. The summed E-state index contributed by atoms with van der Waals surface area (Å²) in [5.41, 5.74) is 0.399. The highest BCUT2D eigenvalue weighted by atomic mass is 32.2. The Labute approximate surface area is 115 Å². The monoisotopic (exact) mass is 282 g/mol. The van der Waals surface area contributed by atoms with E-state index in [0.717, 1.165) is 0 Å². The Morgan fingerprint density at radius 3 is 2.26 bits per heavy atom. The van der Waals surface area contributed by atoms with Crippen molar-refractivity contribution in [2.75, 3.05) is 7.11 Å². The van der Waals surface area contributed by atoms with Crippen molar-refractivity contribution in [2.24, 2.45) is 0 Å². The minimum atomic E-state index is -1.16. The molecule has 1 aromatic carbocycles. The number of methoxy groups -OCH3 is 1. The number of carbonyl (C=O) groups is 3. The summed E-state index contributed by atoms with van der Waals surface area (Å²) in [6.07, 6.45) is -0.216. The molecule has 0 fully saturated rings. The van der Waals surface area contributed by atoms with Gasteiger partial charge in [0.15, 0.2) is 10.9 Å². The molecule has 1 aromatic rings. The Kier molecular flexibility index (Phi) is 5.57. The second kappa shape index (κ2) is 6.94. The van der Waals surface area contributed by atoms with E-state index in [0.29, 0.717) is 23.1 Å². The Hall–Kier alpha value is -1.82. The molecule has 5 nitrogen and oxygen atoms in total. The normalized spacial score (nSPS) is 11.7. The number of benzene rings is 1. The van der Waals surface area contributed by atoms with Crippen molar-refractivity contribution in [3.8, 4) is 5.75 Å². The van der Waals surface area contributed by atoms with Gasteiger partial charge in [-0.25, -0.2) is 0 Å². The van der Waals surface area contributed by atoms with Gasteiger partial charge in [0.2, 0.25) is 0 Å². The first-order valence-electron chi connectivity index (χ1n) is 5.51. The van der Waals surface area contributed by atoms with E-state index in [9.17, 15) is 14.4 Å². The molecule has 0 saturated heterocycles. The number of rotatable bonds is 6. The van der Waals surface area contributed by atoms with Gasteiger partial charge in [-0.3, -0.25) is 14.4 Å². The van der Waals surface area contributed by atoms with E-state index in [4.69, 9.17) is 9.84 Å². The summed E-state index contributed by atoms with van der Waals surface area (Å²) in [6, 6.07) is 6.39. The lowest BCUT2D eigenvalue weighted by atomic mass is 10.1. The standard InChI is InChI=1S/C13H14O5S/c1-8(14)19-12(13(16)17)7-11(15)9-3-5-10(18-2)6-4-9/h3-6,12H,7H2,1-2H3,(H,16,17). The molecule has 0 amide bonds. The number of ketones is 1.